The average Bonchev–Trinajstić information content (AvgIpc) is 3.58. The van der Waals surface area contributed by atoms with Crippen LogP contribution in [0.2, 0.25) is 0 Å². The van der Waals surface area contributed by atoms with Gasteiger partial charge in [0.15, 0.2) is 0 Å². The second-order valence-electron chi connectivity index (χ2n) is 13.4. The molecule has 0 aromatic heterocycles. The summed E-state index contributed by atoms with van der Waals surface area (Å²) < 4.78 is 4.96. The third kappa shape index (κ3) is 7.35. The summed E-state index contributed by atoms with van der Waals surface area (Å²) in [5.74, 6) is -0.416. The van der Waals surface area contributed by atoms with Gasteiger partial charge in [0.2, 0.25) is 17.7 Å². The SMILES string of the molecule is COC(=O)[C@H]1CCCN1C(=O)[C@@H]1CCCN1C[C@H](C(C)C)N(C)C(=O)C(NC(=O)[C@H]1CCCCN1C)C(C)(C)C. The van der Waals surface area contributed by atoms with E-state index in [0.717, 1.165) is 51.6 Å². The van der Waals surface area contributed by atoms with Crippen LogP contribution >= 0.6 is 0 Å². The molecule has 40 heavy (non-hydrogen) atoms. The molecule has 0 aromatic rings. The molecular formula is C30H53N5O5. The van der Waals surface area contributed by atoms with Gasteiger partial charge in [0.1, 0.15) is 12.1 Å². The molecule has 3 aliphatic rings. The Morgan fingerprint density at radius 1 is 0.925 bits per heavy atom. The van der Waals surface area contributed by atoms with E-state index < -0.39 is 17.5 Å². The van der Waals surface area contributed by atoms with Crippen molar-refractivity contribution in [2.45, 2.75) is 110 Å². The first kappa shape index (κ1) is 32.3. The van der Waals surface area contributed by atoms with Crippen molar-refractivity contribution in [3.8, 4) is 0 Å². The number of ether oxygens (including phenoxy) is 1. The molecule has 0 aromatic carbocycles. The second kappa shape index (κ2) is 13.6. The van der Waals surface area contributed by atoms with Gasteiger partial charge in [0, 0.05) is 26.2 Å². The predicted molar refractivity (Wildman–Crippen MR) is 154 cm³/mol. The lowest BCUT2D eigenvalue weighted by Crippen LogP contribution is -2.61. The number of rotatable bonds is 9. The predicted octanol–water partition coefficient (Wildman–Crippen LogP) is 2.11. The molecule has 0 spiro atoms. The van der Waals surface area contributed by atoms with E-state index in [9.17, 15) is 19.2 Å². The van der Waals surface area contributed by atoms with Crippen LogP contribution < -0.4 is 5.32 Å². The molecule has 10 heteroatoms. The highest BCUT2D eigenvalue weighted by Crippen LogP contribution is 2.28. The fraction of sp³-hybridized carbons (Fsp3) is 0.867. The van der Waals surface area contributed by atoms with Crippen LogP contribution in [0.4, 0.5) is 0 Å². The zero-order chi connectivity index (χ0) is 29.8. The van der Waals surface area contributed by atoms with E-state index in [0.29, 0.717) is 19.5 Å². The van der Waals surface area contributed by atoms with Crippen molar-refractivity contribution in [1.29, 1.82) is 0 Å². The number of likely N-dealkylation sites (tertiary alicyclic amines) is 3. The minimum atomic E-state index is -0.664. The van der Waals surface area contributed by atoms with Crippen molar-refractivity contribution in [2.24, 2.45) is 11.3 Å². The zero-order valence-electron chi connectivity index (χ0n) is 26.1. The Morgan fingerprint density at radius 3 is 2.15 bits per heavy atom. The molecule has 3 fully saturated rings. The first-order valence-corrected chi connectivity index (χ1v) is 15.2. The lowest BCUT2D eigenvalue weighted by Gasteiger charge is -2.41. The quantitative estimate of drug-likeness (QED) is 0.429. The summed E-state index contributed by atoms with van der Waals surface area (Å²) in [6, 6.07) is -1.84. The minimum absolute atomic E-state index is 0.0154. The van der Waals surface area contributed by atoms with Crippen LogP contribution in [0.1, 0.15) is 79.6 Å². The third-order valence-corrected chi connectivity index (χ3v) is 9.17. The number of carbonyl (C=O) groups is 4. The van der Waals surface area contributed by atoms with Gasteiger partial charge in [0.05, 0.1) is 19.2 Å². The second-order valence-corrected chi connectivity index (χ2v) is 13.4. The van der Waals surface area contributed by atoms with Gasteiger partial charge in [-0.2, -0.15) is 0 Å². The number of methoxy groups -OCH3 is 1. The number of piperidine rings is 1. The Hall–Kier alpha value is -2.20. The van der Waals surface area contributed by atoms with Gasteiger partial charge < -0.3 is 19.9 Å². The van der Waals surface area contributed by atoms with Crippen LogP contribution in [-0.4, -0.2) is 121 Å². The monoisotopic (exact) mass is 563 g/mol. The highest BCUT2D eigenvalue weighted by molar-refractivity contribution is 5.91. The first-order valence-electron chi connectivity index (χ1n) is 15.2. The van der Waals surface area contributed by atoms with Crippen molar-refractivity contribution in [2.75, 3.05) is 47.4 Å². The van der Waals surface area contributed by atoms with Crippen LogP contribution in [-0.2, 0) is 23.9 Å². The molecule has 0 saturated carbocycles. The topological polar surface area (TPSA) is 102 Å². The van der Waals surface area contributed by atoms with E-state index in [4.69, 9.17) is 4.74 Å². The molecule has 228 valence electrons. The summed E-state index contributed by atoms with van der Waals surface area (Å²) in [6.45, 7) is 12.9. The van der Waals surface area contributed by atoms with Gasteiger partial charge in [-0.25, -0.2) is 4.79 Å². The summed E-state index contributed by atoms with van der Waals surface area (Å²) in [5.41, 5.74) is -0.472. The standard InChI is InChI=1S/C30H53N5O5/c1-20(2)24(19-34-17-11-14-22(34)27(37)35-18-12-15-23(35)29(39)40-8)33(7)28(38)25(30(3,4)5)31-26(36)21-13-9-10-16-32(21)6/h20-25H,9-19H2,1-8H3,(H,31,36)/t21-,22+,23-,24-,25?/m1/s1. The highest BCUT2D eigenvalue weighted by atomic mass is 16.5. The van der Waals surface area contributed by atoms with Gasteiger partial charge in [-0.15, -0.1) is 0 Å². The maximum Gasteiger partial charge on any atom is 0.328 e. The summed E-state index contributed by atoms with van der Waals surface area (Å²) in [4.78, 5) is 61.0. The highest BCUT2D eigenvalue weighted by Gasteiger charge is 2.43. The van der Waals surface area contributed by atoms with Crippen molar-refractivity contribution in [1.82, 2.24) is 24.9 Å². The zero-order valence-corrected chi connectivity index (χ0v) is 26.1. The summed E-state index contributed by atoms with van der Waals surface area (Å²) >= 11 is 0. The van der Waals surface area contributed by atoms with Gasteiger partial charge in [-0.05, 0) is 70.0 Å². The Morgan fingerprint density at radius 2 is 1.55 bits per heavy atom. The van der Waals surface area contributed by atoms with Crippen LogP contribution in [0.15, 0.2) is 0 Å². The number of hydrogen-bond acceptors (Lipinski definition) is 7. The van der Waals surface area contributed by atoms with Gasteiger partial charge in [0.25, 0.3) is 0 Å². The molecular weight excluding hydrogens is 510 g/mol. The summed E-state index contributed by atoms with van der Waals surface area (Å²) in [6.07, 6.45) is 5.96. The van der Waals surface area contributed by atoms with Crippen LogP contribution in [0.25, 0.3) is 0 Å². The Balaban J connectivity index is 1.74. The molecule has 0 bridgehead atoms. The van der Waals surface area contributed by atoms with Gasteiger partial charge in [-0.3, -0.25) is 24.2 Å². The molecule has 3 heterocycles. The molecule has 3 amide bonds. The molecule has 1 unspecified atom stereocenters. The van der Waals surface area contributed by atoms with Crippen LogP contribution in [0.5, 0.6) is 0 Å². The first-order chi connectivity index (χ1) is 18.8. The minimum Gasteiger partial charge on any atom is -0.467 e. The largest absolute Gasteiger partial charge is 0.467 e. The smallest absolute Gasteiger partial charge is 0.328 e. The van der Waals surface area contributed by atoms with Gasteiger partial charge >= 0.3 is 5.97 Å². The lowest BCUT2D eigenvalue weighted by molar-refractivity contribution is -0.152. The number of hydrogen-bond donors (Lipinski definition) is 1. The maximum atomic E-state index is 14.0. The number of nitrogens with one attached hydrogen (secondary N) is 1. The summed E-state index contributed by atoms with van der Waals surface area (Å²) in [5, 5.41) is 3.12. The average molecular weight is 564 g/mol. The van der Waals surface area contributed by atoms with Gasteiger partial charge in [-0.1, -0.05) is 41.0 Å². The fourth-order valence-electron chi connectivity index (χ4n) is 6.61. The number of carbonyl (C=O) groups excluding carboxylic acids is 4. The van der Waals surface area contributed by atoms with E-state index >= 15 is 0 Å². The molecule has 3 rings (SSSR count). The third-order valence-electron chi connectivity index (χ3n) is 9.17. The van der Waals surface area contributed by atoms with Crippen LogP contribution in [0.3, 0.4) is 0 Å². The molecule has 10 nitrogen and oxygen atoms in total. The van der Waals surface area contributed by atoms with Crippen molar-refractivity contribution in [3.63, 3.8) is 0 Å². The fourth-order valence-corrected chi connectivity index (χ4v) is 6.61. The van der Waals surface area contributed by atoms with Crippen LogP contribution in [0, 0.1) is 11.3 Å². The normalized spacial score (nSPS) is 26.0. The van der Waals surface area contributed by atoms with Crippen molar-refractivity contribution >= 4 is 23.7 Å². The van der Waals surface area contributed by atoms with E-state index in [1.165, 1.54) is 7.11 Å². The molecule has 1 N–H and O–H groups in total. The lowest BCUT2D eigenvalue weighted by atomic mass is 9.84. The maximum absolute atomic E-state index is 14.0. The number of amides is 3. The van der Waals surface area contributed by atoms with Crippen molar-refractivity contribution in [3.05, 3.63) is 0 Å². The number of likely N-dealkylation sites (N-methyl/N-ethyl adjacent to an activating group) is 2. The molecule has 0 radical (unpaired) electrons. The molecule has 0 aliphatic carbocycles. The molecule has 3 saturated heterocycles. The Labute approximate surface area is 241 Å². The van der Waals surface area contributed by atoms with E-state index in [1.807, 2.05) is 34.9 Å². The number of esters is 1. The van der Waals surface area contributed by atoms with E-state index in [-0.39, 0.29) is 47.7 Å². The van der Waals surface area contributed by atoms with Crippen molar-refractivity contribution < 1.29 is 23.9 Å². The van der Waals surface area contributed by atoms with E-state index in [1.54, 1.807) is 9.80 Å². The summed E-state index contributed by atoms with van der Waals surface area (Å²) in [7, 11) is 5.17. The number of nitrogens with zero attached hydrogens (tertiary/aromatic N) is 4. The molecule has 3 aliphatic heterocycles. The van der Waals surface area contributed by atoms with E-state index in [2.05, 4.69) is 29.0 Å². The Bertz CT molecular complexity index is 919. The Kier molecular flexibility index (Phi) is 11.0. The molecule has 5 atom stereocenters.